The predicted molar refractivity (Wildman–Crippen MR) is 102 cm³/mol. The molecule has 1 atom stereocenters. The molecule has 0 bridgehead atoms. The molecule has 0 spiro atoms. The molecule has 1 saturated heterocycles. The first kappa shape index (κ1) is 20.2. The molecule has 2 heterocycles. The maximum absolute atomic E-state index is 12.2. The van der Waals surface area contributed by atoms with Crippen molar-refractivity contribution in [3.63, 3.8) is 0 Å². The van der Waals surface area contributed by atoms with E-state index in [9.17, 15) is 13.2 Å². The summed E-state index contributed by atoms with van der Waals surface area (Å²) in [6.45, 7) is 1.11. The molecule has 152 valence electrons. The van der Waals surface area contributed by atoms with Crippen molar-refractivity contribution in [3.05, 3.63) is 42.2 Å². The fourth-order valence-electron chi connectivity index (χ4n) is 3.24. The van der Waals surface area contributed by atoms with Crippen molar-refractivity contribution < 1.29 is 17.9 Å². The largest absolute Gasteiger partial charge is 0.484 e. The molecule has 6 nitrogen and oxygen atoms in total. The zero-order valence-corrected chi connectivity index (χ0v) is 15.7. The highest BCUT2D eigenvalue weighted by atomic mass is 19.4. The molecular formula is C19H24F3N5O. The third-order valence-electron chi connectivity index (χ3n) is 4.62. The Morgan fingerprint density at radius 1 is 1.21 bits per heavy atom. The van der Waals surface area contributed by atoms with Gasteiger partial charge in [-0.3, -0.25) is 0 Å². The van der Waals surface area contributed by atoms with Crippen LogP contribution in [0.25, 0.3) is 0 Å². The Morgan fingerprint density at radius 2 is 2.00 bits per heavy atom. The fourth-order valence-corrected chi connectivity index (χ4v) is 3.24. The highest BCUT2D eigenvalue weighted by Gasteiger charge is 2.28. The lowest BCUT2D eigenvalue weighted by atomic mass is 10.2. The molecule has 0 amide bonds. The molecule has 9 heteroatoms. The molecule has 1 aliphatic rings. The number of alkyl halides is 3. The van der Waals surface area contributed by atoms with Gasteiger partial charge in [0.2, 0.25) is 0 Å². The number of benzene rings is 1. The van der Waals surface area contributed by atoms with E-state index in [0.717, 1.165) is 43.1 Å². The van der Waals surface area contributed by atoms with E-state index in [-0.39, 0.29) is 5.75 Å². The van der Waals surface area contributed by atoms with Crippen molar-refractivity contribution in [2.24, 2.45) is 0 Å². The molecule has 1 aliphatic heterocycles. The summed E-state index contributed by atoms with van der Waals surface area (Å²) < 4.78 is 41.3. The third kappa shape index (κ3) is 5.72. The second-order valence-electron chi connectivity index (χ2n) is 6.68. The molecule has 2 aromatic rings. The quantitative estimate of drug-likeness (QED) is 0.716. The van der Waals surface area contributed by atoms with Crippen molar-refractivity contribution in [1.82, 2.24) is 15.3 Å². The maximum atomic E-state index is 12.2. The third-order valence-corrected chi connectivity index (χ3v) is 4.62. The maximum Gasteiger partial charge on any atom is 0.422 e. The number of rotatable bonds is 8. The zero-order valence-electron chi connectivity index (χ0n) is 15.7. The van der Waals surface area contributed by atoms with Crippen LogP contribution in [0, 0.1) is 0 Å². The van der Waals surface area contributed by atoms with E-state index in [1.807, 2.05) is 13.1 Å². The number of nitrogens with zero attached hydrogens (tertiary/aromatic N) is 3. The van der Waals surface area contributed by atoms with Gasteiger partial charge >= 0.3 is 6.18 Å². The predicted octanol–water partition coefficient (Wildman–Crippen LogP) is 3.22. The van der Waals surface area contributed by atoms with Gasteiger partial charge in [-0.05, 0) is 30.5 Å². The molecule has 28 heavy (non-hydrogen) atoms. The van der Waals surface area contributed by atoms with E-state index >= 15 is 0 Å². The van der Waals surface area contributed by atoms with Crippen molar-refractivity contribution in [2.75, 3.05) is 37.0 Å². The van der Waals surface area contributed by atoms with E-state index in [0.29, 0.717) is 12.6 Å². The molecule has 1 aromatic heterocycles. The standard InChI is InChI=1S/C19H24F3N5O/c1-23-17-9-18(26-13-25-17)27-8-2-3-15(27)11-24-10-14-4-6-16(7-5-14)28-12-19(20,21)22/h4-7,9,13,15,24H,2-3,8,10-12H2,1H3,(H,23,25,26). The fraction of sp³-hybridized carbons (Fsp3) is 0.474. The van der Waals surface area contributed by atoms with Crippen LogP contribution in [0.5, 0.6) is 5.75 Å². The van der Waals surface area contributed by atoms with Crippen LogP contribution in [0.1, 0.15) is 18.4 Å². The Morgan fingerprint density at radius 3 is 2.71 bits per heavy atom. The summed E-state index contributed by atoms with van der Waals surface area (Å²) in [4.78, 5) is 10.8. The van der Waals surface area contributed by atoms with E-state index < -0.39 is 12.8 Å². The summed E-state index contributed by atoms with van der Waals surface area (Å²) in [5, 5.41) is 6.45. The first-order valence-corrected chi connectivity index (χ1v) is 9.20. The number of ether oxygens (including phenoxy) is 1. The van der Waals surface area contributed by atoms with Crippen LogP contribution in [0.4, 0.5) is 24.8 Å². The molecule has 2 N–H and O–H groups in total. The number of hydrogen-bond donors (Lipinski definition) is 2. The van der Waals surface area contributed by atoms with Crippen molar-refractivity contribution >= 4 is 11.6 Å². The van der Waals surface area contributed by atoms with E-state index in [4.69, 9.17) is 4.74 Å². The van der Waals surface area contributed by atoms with Gasteiger partial charge in [0.25, 0.3) is 0 Å². The van der Waals surface area contributed by atoms with Crippen LogP contribution in [0.15, 0.2) is 36.7 Å². The van der Waals surface area contributed by atoms with Gasteiger partial charge in [0, 0.05) is 38.8 Å². The molecule has 1 aromatic carbocycles. The van der Waals surface area contributed by atoms with E-state index in [2.05, 4.69) is 25.5 Å². The highest BCUT2D eigenvalue weighted by Crippen LogP contribution is 2.24. The topological polar surface area (TPSA) is 62.3 Å². The van der Waals surface area contributed by atoms with Crippen LogP contribution >= 0.6 is 0 Å². The van der Waals surface area contributed by atoms with Crippen LogP contribution in [0.2, 0.25) is 0 Å². The smallest absolute Gasteiger partial charge is 0.422 e. The molecule has 0 saturated carbocycles. The Kier molecular flexibility index (Phi) is 6.56. The lowest BCUT2D eigenvalue weighted by Gasteiger charge is -2.26. The van der Waals surface area contributed by atoms with Gasteiger partial charge < -0.3 is 20.3 Å². The molecule has 0 radical (unpaired) electrons. The number of anilines is 2. The molecule has 0 aliphatic carbocycles. The lowest BCUT2D eigenvalue weighted by Crippen LogP contribution is -2.38. The number of aromatic nitrogens is 2. The van der Waals surface area contributed by atoms with Gasteiger partial charge in [-0.25, -0.2) is 9.97 Å². The first-order valence-electron chi connectivity index (χ1n) is 9.20. The average Bonchev–Trinajstić information content (AvgIpc) is 3.15. The van der Waals surface area contributed by atoms with Crippen LogP contribution in [-0.2, 0) is 6.54 Å². The Balaban J connectivity index is 1.48. The van der Waals surface area contributed by atoms with E-state index in [1.54, 1.807) is 30.6 Å². The van der Waals surface area contributed by atoms with Crippen LogP contribution in [-0.4, -0.2) is 48.9 Å². The van der Waals surface area contributed by atoms with Crippen molar-refractivity contribution in [3.8, 4) is 5.75 Å². The summed E-state index contributed by atoms with van der Waals surface area (Å²) in [5.74, 6) is 1.92. The zero-order chi connectivity index (χ0) is 20.0. The van der Waals surface area contributed by atoms with Crippen LogP contribution in [0.3, 0.4) is 0 Å². The van der Waals surface area contributed by atoms with Crippen LogP contribution < -0.4 is 20.3 Å². The average molecular weight is 395 g/mol. The Bertz CT molecular complexity index is 754. The van der Waals surface area contributed by atoms with Gasteiger partial charge in [0.1, 0.15) is 23.7 Å². The molecular weight excluding hydrogens is 371 g/mol. The summed E-state index contributed by atoms with van der Waals surface area (Å²) >= 11 is 0. The highest BCUT2D eigenvalue weighted by molar-refractivity contribution is 5.49. The molecule has 3 rings (SSSR count). The second kappa shape index (κ2) is 9.09. The SMILES string of the molecule is CNc1cc(N2CCCC2CNCc2ccc(OCC(F)(F)F)cc2)ncn1. The Labute approximate surface area is 162 Å². The summed E-state index contributed by atoms with van der Waals surface area (Å²) in [5.41, 5.74) is 0.989. The minimum absolute atomic E-state index is 0.215. The minimum atomic E-state index is -4.33. The summed E-state index contributed by atoms with van der Waals surface area (Å²) in [7, 11) is 1.83. The monoisotopic (exact) mass is 395 g/mol. The second-order valence-corrected chi connectivity index (χ2v) is 6.68. The van der Waals surface area contributed by atoms with Gasteiger partial charge in [0.15, 0.2) is 6.61 Å². The van der Waals surface area contributed by atoms with Gasteiger partial charge in [-0.15, -0.1) is 0 Å². The number of halogens is 3. The minimum Gasteiger partial charge on any atom is -0.484 e. The summed E-state index contributed by atoms with van der Waals surface area (Å²) in [6.07, 6.45) is -0.579. The van der Waals surface area contributed by atoms with Gasteiger partial charge in [-0.1, -0.05) is 12.1 Å². The molecule has 1 unspecified atom stereocenters. The summed E-state index contributed by atoms with van der Waals surface area (Å²) in [6, 6.07) is 8.95. The van der Waals surface area contributed by atoms with Crippen molar-refractivity contribution in [1.29, 1.82) is 0 Å². The first-order chi connectivity index (χ1) is 13.4. The number of nitrogens with one attached hydrogen (secondary N) is 2. The normalized spacial score (nSPS) is 17.0. The molecule has 1 fully saturated rings. The Hall–Kier alpha value is -2.55. The van der Waals surface area contributed by atoms with Gasteiger partial charge in [-0.2, -0.15) is 13.2 Å². The van der Waals surface area contributed by atoms with E-state index in [1.165, 1.54) is 0 Å². The number of hydrogen-bond acceptors (Lipinski definition) is 6. The van der Waals surface area contributed by atoms with Crippen molar-refractivity contribution in [2.45, 2.75) is 31.6 Å². The lowest BCUT2D eigenvalue weighted by molar-refractivity contribution is -0.153. The van der Waals surface area contributed by atoms with Gasteiger partial charge in [0.05, 0.1) is 0 Å².